The van der Waals surface area contributed by atoms with Gasteiger partial charge in [-0.2, -0.15) is 0 Å². The smallest absolute Gasteiger partial charge is 0.408 e. The van der Waals surface area contributed by atoms with Gasteiger partial charge in [0.25, 0.3) is 5.91 Å². The molecule has 0 saturated carbocycles. The van der Waals surface area contributed by atoms with Crippen molar-refractivity contribution in [3.63, 3.8) is 0 Å². The molecule has 0 radical (unpaired) electrons. The summed E-state index contributed by atoms with van der Waals surface area (Å²) >= 11 is 0. The predicted octanol–water partition coefficient (Wildman–Crippen LogP) is 4.00. The molecule has 39 heavy (non-hydrogen) atoms. The summed E-state index contributed by atoms with van der Waals surface area (Å²) in [6.07, 6.45) is -1.01. The fraction of sp³-hybridized carbons (Fsp3) is 0.448. The number of benzene rings is 2. The SMILES string of the molecule is CCN(C(=O)C(CCC(N)=O)NC(=O)OC(C)(C)C)C(C(=O)Nc1ccc(OC)cc1)c1cc(C)cc(C)c1. The van der Waals surface area contributed by atoms with Crippen molar-refractivity contribution in [2.24, 2.45) is 5.73 Å². The van der Waals surface area contributed by atoms with Crippen molar-refractivity contribution in [2.75, 3.05) is 19.0 Å². The summed E-state index contributed by atoms with van der Waals surface area (Å²) in [6.45, 7) is 10.8. The number of ether oxygens (including phenoxy) is 2. The van der Waals surface area contributed by atoms with E-state index < -0.39 is 41.5 Å². The van der Waals surface area contributed by atoms with Gasteiger partial charge in [-0.15, -0.1) is 0 Å². The Morgan fingerprint density at radius 3 is 2.08 bits per heavy atom. The summed E-state index contributed by atoms with van der Waals surface area (Å²) in [4.78, 5) is 53.2. The number of nitrogens with two attached hydrogens (primary N) is 1. The second kappa shape index (κ2) is 13.6. The van der Waals surface area contributed by atoms with Gasteiger partial charge < -0.3 is 30.7 Å². The number of nitrogens with one attached hydrogen (secondary N) is 2. The monoisotopic (exact) mass is 540 g/mol. The molecule has 0 saturated heterocycles. The number of hydrogen-bond acceptors (Lipinski definition) is 6. The summed E-state index contributed by atoms with van der Waals surface area (Å²) < 4.78 is 10.5. The molecule has 2 aromatic carbocycles. The standard InChI is InChI=1S/C29H40N4O6/c1-8-33(27(36)23(13-14-24(30)34)32-28(37)39-29(4,5)6)25(20-16-18(2)15-19(3)17-20)26(35)31-21-9-11-22(38-7)12-10-21/h9-12,15-17,23,25H,8,13-14H2,1-7H3,(H2,30,34)(H,31,35)(H,32,37). The van der Waals surface area contributed by atoms with Crippen LogP contribution in [0.3, 0.4) is 0 Å². The molecule has 10 heteroatoms. The van der Waals surface area contributed by atoms with E-state index in [0.29, 0.717) is 17.0 Å². The molecule has 0 aliphatic rings. The van der Waals surface area contributed by atoms with Crippen LogP contribution in [0.2, 0.25) is 0 Å². The molecule has 0 fully saturated rings. The lowest BCUT2D eigenvalue weighted by Crippen LogP contribution is -2.52. The van der Waals surface area contributed by atoms with Crippen molar-refractivity contribution < 1.29 is 28.7 Å². The largest absolute Gasteiger partial charge is 0.497 e. The summed E-state index contributed by atoms with van der Waals surface area (Å²) in [5.74, 6) is -0.968. The third-order valence-corrected chi connectivity index (χ3v) is 5.77. The summed E-state index contributed by atoms with van der Waals surface area (Å²) in [5, 5.41) is 5.46. The molecular formula is C29H40N4O6. The Morgan fingerprint density at radius 1 is 1.00 bits per heavy atom. The maximum Gasteiger partial charge on any atom is 0.408 e. The second-order valence-electron chi connectivity index (χ2n) is 10.4. The number of carbonyl (C=O) groups excluding carboxylic acids is 4. The zero-order chi connectivity index (χ0) is 29.3. The number of likely N-dealkylation sites (N-methyl/N-ethyl adjacent to an activating group) is 1. The van der Waals surface area contributed by atoms with E-state index in [1.54, 1.807) is 59.1 Å². The Labute approximate surface area is 230 Å². The maximum absolute atomic E-state index is 13.9. The molecule has 212 valence electrons. The number of carbonyl (C=O) groups is 4. The predicted molar refractivity (Wildman–Crippen MR) is 149 cm³/mol. The molecule has 0 bridgehead atoms. The van der Waals surface area contributed by atoms with Gasteiger partial charge in [0.2, 0.25) is 11.8 Å². The number of aryl methyl sites for hydroxylation is 2. The first-order valence-corrected chi connectivity index (χ1v) is 12.9. The van der Waals surface area contributed by atoms with Gasteiger partial charge in [0, 0.05) is 18.7 Å². The molecule has 2 atom stereocenters. The molecule has 0 aliphatic heterocycles. The molecule has 0 heterocycles. The van der Waals surface area contributed by atoms with Crippen molar-refractivity contribution in [3.05, 3.63) is 59.2 Å². The van der Waals surface area contributed by atoms with Gasteiger partial charge in [-0.3, -0.25) is 14.4 Å². The molecule has 10 nitrogen and oxygen atoms in total. The van der Waals surface area contributed by atoms with Gasteiger partial charge in [0.15, 0.2) is 0 Å². The topological polar surface area (TPSA) is 140 Å². The Balaban J connectivity index is 2.49. The average Bonchev–Trinajstić information content (AvgIpc) is 2.83. The number of hydrogen-bond donors (Lipinski definition) is 3. The zero-order valence-corrected chi connectivity index (χ0v) is 23.8. The first kappa shape index (κ1) is 31.1. The number of rotatable bonds is 11. The van der Waals surface area contributed by atoms with E-state index in [2.05, 4.69) is 10.6 Å². The van der Waals surface area contributed by atoms with Crippen LogP contribution < -0.4 is 21.1 Å². The van der Waals surface area contributed by atoms with E-state index >= 15 is 0 Å². The van der Waals surface area contributed by atoms with Crippen molar-refractivity contribution >= 4 is 29.5 Å². The third-order valence-electron chi connectivity index (χ3n) is 5.77. The number of methoxy groups -OCH3 is 1. The minimum atomic E-state index is -1.14. The van der Waals surface area contributed by atoms with Crippen LogP contribution in [0.5, 0.6) is 5.75 Å². The molecule has 2 unspecified atom stereocenters. The number of alkyl carbamates (subject to hydrolysis) is 1. The molecule has 0 spiro atoms. The quantitative estimate of drug-likeness (QED) is 0.394. The fourth-order valence-corrected chi connectivity index (χ4v) is 4.19. The summed E-state index contributed by atoms with van der Waals surface area (Å²) in [5.41, 5.74) is 7.52. The first-order valence-electron chi connectivity index (χ1n) is 12.9. The van der Waals surface area contributed by atoms with Crippen LogP contribution in [-0.4, -0.2) is 54.0 Å². The Bertz CT molecular complexity index is 1150. The van der Waals surface area contributed by atoms with Gasteiger partial charge in [-0.05, 0) is 77.8 Å². The Hall–Kier alpha value is -4.08. The van der Waals surface area contributed by atoms with Crippen molar-refractivity contribution in [3.8, 4) is 5.75 Å². The minimum Gasteiger partial charge on any atom is -0.497 e. The highest BCUT2D eigenvalue weighted by molar-refractivity contribution is 5.99. The number of nitrogens with zero attached hydrogens (tertiary/aromatic N) is 1. The van der Waals surface area contributed by atoms with Crippen molar-refractivity contribution in [1.29, 1.82) is 0 Å². The van der Waals surface area contributed by atoms with Crippen LogP contribution in [0.1, 0.15) is 63.3 Å². The van der Waals surface area contributed by atoms with Crippen molar-refractivity contribution in [1.82, 2.24) is 10.2 Å². The number of anilines is 1. The van der Waals surface area contributed by atoms with Crippen molar-refractivity contribution in [2.45, 2.75) is 72.1 Å². The average molecular weight is 541 g/mol. The van der Waals surface area contributed by atoms with Gasteiger partial charge >= 0.3 is 6.09 Å². The van der Waals surface area contributed by atoms with Crippen LogP contribution in [0.15, 0.2) is 42.5 Å². The van der Waals surface area contributed by atoms with E-state index in [4.69, 9.17) is 15.2 Å². The summed E-state index contributed by atoms with van der Waals surface area (Å²) in [6, 6.07) is 10.3. The van der Waals surface area contributed by atoms with Crippen LogP contribution >= 0.6 is 0 Å². The number of primary amides is 1. The normalized spacial score (nSPS) is 12.6. The molecule has 0 aromatic heterocycles. The summed E-state index contributed by atoms with van der Waals surface area (Å²) in [7, 11) is 1.55. The number of amides is 4. The van der Waals surface area contributed by atoms with Gasteiger partial charge in [-0.25, -0.2) is 4.79 Å². The first-order chi connectivity index (χ1) is 18.2. The third kappa shape index (κ3) is 9.63. The highest BCUT2D eigenvalue weighted by Crippen LogP contribution is 2.27. The zero-order valence-electron chi connectivity index (χ0n) is 23.8. The molecule has 2 rings (SSSR count). The van der Waals surface area contributed by atoms with E-state index in [9.17, 15) is 19.2 Å². The lowest BCUT2D eigenvalue weighted by atomic mass is 9.98. The molecule has 4 amide bonds. The highest BCUT2D eigenvalue weighted by Gasteiger charge is 2.36. The minimum absolute atomic E-state index is 0.0520. The van der Waals surface area contributed by atoms with Crippen LogP contribution in [-0.2, 0) is 19.1 Å². The Kier molecular flexibility index (Phi) is 10.9. The van der Waals surface area contributed by atoms with E-state index in [1.165, 1.54) is 4.90 Å². The molecule has 2 aromatic rings. The molecule has 0 aliphatic carbocycles. The maximum atomic E-state index is 13.9. The van der Waals surface area contributed by atoms with Crippen LogP contribution in [0.4, 0.5) is 10.5 Å². The highest BCUT2D eigenvalue weighted by atomic mass is 16.6. The Morgan fingerprint density at radius 2 is 1.59 bits per heavy atom. The van der Waals surface area contributed by atoms with Gasteiger partial charge in [-0.1, -0.05) is 29.3 Å². The fourth-order valence-electron chi connectivity index (χ4n) is 4.19. The van der Waals surface area contributed by atoms with Gasteiger partial charge in [0.1, 0.15) is 23.4 Å². The lowest BCUT2D eigenvalue weighted by Gasteiger charge is -2.34. The molecular weight excluding hydrogens is 500 g/mol. The van der Waals surface area contributed by atoms with Gasteiger partial charge in [0.05, 0.1) is 7.11 Å². The second-order valence-corrected chi connectivity index (χ2v) is 10.4. The lowest BCUT2D eigenvalue weighted by molar-refractivity contribution is -0.140. The molecule has 4 N–H and O–H groups in total. The van der Waals surface area contributed by atoms with E-state index in [0.717, 1.165) is 11.1 Å². The van der Waals surface area contributed by atoms with E-state index in [-0.39, 0.29) is 19.4 Å². The van der Waals surface area contributed by atoms with Crippen LogP contribution in [0, 0.1) is 13.8 Å². The van der Waals surface area contributed by atoms with Crippen LogP contribution in [0.25, 0.3) is 0 Å². The van der Waals surface area contributed by atoms with E-state index in [1.807, 2.05) is 32.0 Å².